The third-order valence-electron chi connectivity index (χ3n) is 2.15. The number of carbonyl (C=O) groups is 1. The average Bonchev–Trinajstić information content (AvgIpc) is 2.86. The Morgan fingerprint density at radius 3 is 2.88 bits per heavy atom. The van der Waals surface area contributed by atoms with Crippen LogP contribution in [0.25, 0.3) is 10.6 Å². The maximum Gasteiger partial charge on any atom is 0.303 e. The second kappa shape index (κ2) is 5.75. The summed E-state index contributed by atoms with van der Waals surface area (Å²) in [6.07, 6.45) is 1.60. The molecule has 17 heavy (non-hydrogen) atoms. The van der Waals surface area contributed by atoms with Crippen LogP contribution >= 0.6 is 38.6 Å². The van der Waals surface area contributed by atoms with Crippen LogP contribution in [-0.2, 0) is 11.2 Å². The number of halogens is 1. The molecule has 0 bridgehead atoms. The van der Waals surface area contributed by atoms with Gasteiger partial charge in [-0.1, -0.05) is 0 Å². The Morgan fingerprint density at radius 2 is 2.24 bits per heavy atom. The minimum Gasteiger partial charge on any atom is -0.481 e. The molecule has 2 aromatic heterocycles. The molecule has 2 aromatic rings. The van der Waals surface area contributed by atoms with E-state index in [-0.39, 0.29) is 6.42 Å². The van der Waals surface area contributed by atoms with Gasteiger partial charge in [0.05, 0.1) is 15.6 Å². The number of hydrogen-bond acceptors (Lipinski definition) is 4. The van der Waals surface area contributed by atoms with Crippen LogP contribution in [-0.4, -0.2) is 16.1 Å². The van der Waals surface area contributed by atoms with E-state index in [1.807, 2.05) is 16.8 Å². The maximum absolute atomic E-state index is 10.4. The molecule has 0 atom stereocenters. The minimum absolute atomic E-state index is 0.208. The Kier molecular flexibility index (Phi) is 4.31. The van der Waals surface area contributed by atoms with E-state index in [0.717, 1.165) is 26.5 Å². The summed E-state index contributed by atoms with van der Waals surface area (Å²) in [5.41, 5.74) is 0.982. The molecule has 2 rings (SSSR count). The highest BCUT2D eigenvalue weighted by Gasteiger charge is 2.07. The molecule has 0 spiro atoms. The van der Waals surface area contributed by atoms with Gasteiger partial charge in [0.2, 0.25) is 0 Å². The van der Waals surface area contributed by atoms with Gasteiger partial charge >= 0.3 is 5.97 Å². The van der Waals surface area contributed by atoms with Crippen molar-refractivity contribution >= 4 is 44.6 Å². The van der Waals surface area contributed by atoms with Gasteiger partial charge in [0.15, 0.2) is 0 Å². The topological polar surface area (TPSA) is 50.2 Å². The van der Waals surface area contributed by atoms with Crippen LogP contribution in [0.4, 0.5) is 0 Å². The second-order valence-electron chi connectivity index (χ2n) is 3.50. The fourth-order valence-corrected chi connectivity index (χ4v) is 3.68. The van der Waals surface area contributed by atoms with Crippen molar-refractivity contribution in [3.63, 3.8) is 0 Å². The van der Waals surface area contributed by atoms with Crippen molar-refractivity contribution in [1.29, 1.82) is 0 Å². The Balaban J connectivity index is 1.98. The zero-order valence-corrected chi connectivity index (χ0v) is 12.1. The normalized spacial score (nSPS) is 10.6. The average molecular weight is 332 g/mol. The van der Waals surface area contributed by atoms with E-state index in [2.05, 4.69) is 20.9 Å². The van der Waals surface area contributed by atoms with Crippen LogP contribution in [0.5, 0.6) is 0 Å². The van der Waals surface area contributed by atoms with Crippen molar-refractivity contribution in [1.82, 2.24) is 4.98 Å². The number of hydrogen-bond donors (Lipinski definition) is 1. The third-order valence-corrected chi connectivity index (χ3v) is 4.78. The molecule has 0 amide bonds. The van der Waals surface area contributed by atoms with Crippen LogP contribution in [0.3, 0.4) is 0 Å². The predicted molar refractivity (Wildman–Crippen MR) is 73.7 cm³/mol. The van der Waals surface area contributed by atoms with E-state index >= 15 is 0 Å². The summed E-state index contributed by atoms with van der Waals surface area (Å²) in [6, 6.07) is 2.04. The minimum atomic E-state index is -0.746. The first-order valence-electron chi connectivity index (χ1n) is 5.06. The Labute approximate surface area is 115 Å². The van der Waals surface area contributed by atoms with Crippen LogP contribution in [0.15, 0.2) is 21.3 Å². The van der Waals surface area contributed by atoms with E-state index in [1.54, 1.807) is 22.7 Å². The number of carboxylic acids is 1. The van der Waals surface area contributed by atoms with Gasteiger partial charge in [0.1, 0.15) is 0 Å². The van der Waals surface area contributed by atoms with Gasteiger partial charge in [0.25, 0.3) is 0 Å². The van der Waals surface area contributed by atoms with Crippen molar-refractivity contribution in [3.8, 4) is 10.6 Å². The van der Waals surface area contributed by atoms with E-state index in [1.165, 1.54) is 0 Å². The first-order valence-corrected chi connectivity index (χ1v) is 7.61. The standard InChI is InChI=1S/C11H10BrNO2S2/c12-7-4-9(16-5-7)8-6-17-10(13-8)2-1-3-11(14)15/h4-6H,1-3H2,(H,14,15). The van der Waals surface area contributed by atoms with Crippen molar-refractivity contribution in [2.75, 3.05) is 0 Å². The summed E-state index contributed by atoms with van der Waals surface area (Å²) < 4.78 is 1.07. The number of rotatable bonds is 5. The number of aliphatic carboxylic acids is 1. The van der Waals surface area contributed by atoms with Gasteiger partial charge in [-0.15, -0.1) is 22.7 Å². The summed E-state index contributed by atoms with van der Waals surface area (Å²) in [5.74, 6) is -0.746. The molecule has 0 saturated heterocycles. The molecule has 0 radical (unpaired) electrons. The van der Waals surface area contributed by atoms with Crippen LogP contribution < -0.4 is 0 Å². The molecule has 90 valence electrons. The van der Waals surface area contributed by atoms with Gasteiger partial charge in [-0.25, -0.2) is 4.98 Å². The van der Waals surface area contributed by atoms with E-state index in [0.29, 0.717) is 6.42 Å². The summed E-state index contributed by atoms with van der Waals surface area (Å²) in [4.78, 5) is 16.0. The highest BCUT2D eigenvalue weighted by atomic mass is 79.9. The molecule has 0 unspecified atom stereocenters. The Morgan fingerprint density at radius 1 is 1.41 bits per heavy atom. The van der Waals surface area contributed by atoms with Crippen LogP contribution in [0.2, 0.25) is 0 Å². The van der Waals surface area contributed by atoms with Crippen LogP contribution in [0, 0.1) is 0 Å². The molecule has 0 saturated carbocycles. The number of carboxylic acid groups (broad SMARTS) is 1. The first-order chi connectivity index (χ1) is 8.15. The number of thiazole rings is 1. The predicted octanol–water partition coefficient (Wildman–Crippen LogP) is 4.04. The van der Waals surface area contributed by atoms with E-state index in [4.69, 9.17) is 5.11 Å². The zero-order valence-electron chi connectivity index (χ0n) is 8.85. The zero-order chi connectivity index (χ0) is 12.3. The quantitative estimate of drug-likeness (QED) is 0.899. The molecule has 1 N–H and O–H groups in total. The van der Waals surface area contributed by atoms with Gasteiger partial charge in [-0.2, -0.15) is 0 Å². The SMILES string of the molecule is O=C(O)CCCc1nc(-c2cc(Br)cs2)cs1. The lowest BCUT2D eigenvalue weighted by Crippen LogP contribution is -1.95. The lowest BCUT2D eigenvalue weighted by molar-refractivity contribution is -0.137. The van der Waals surface area contributed by atoms with Gasteiger partial charge in [-0.05, 0) is 34.8 Å². The fraction of sp³-hybridized carbons (Fsp3) is 0.273. The summed E-state index contributed by atoms with van der Waals surface area (Å²) in [6.45, 7) is 0. The highest BCUT2D eigenvalue weighted by Crippen LogP contribution is 2.30. The molecule has 6 heteroatoms. The molecule has 0 aromatic carbocycles. The fourth-order valence-electron chi connectivity index (χ4n) is 1.38. The van der Waals surface area contributed by atoms with Crippen molar-refractivity contribution in [2.45, 2.75) is 19.3 Å². The lowest BCUT2D eigenvalue weighted by Gasteiger charge is -1.93. The van der Waals surface area contributed by atoms with Crippen molar-refractivity contribution in [3.05, 3.63) is 26.3 Å². The lowest BCUT2D eigenvalue weighted by atomic mass is 10.2. The van der Waals surface area contributed by atoms with Gasteiger partial charge in [0, 0.05) is 21.7 Å². The number of nitrogens with zero attached hydrogens (tertiary/aromatic N) is 1. The van der Waals surface area contributed by atoms with Crippen LogP contribution in [0.1, 0.15) is 17.8 Å². The number of thiophene rings is 1. The summed E-state index contributed by atoms with van der Waals surface area (Å²) in [7, 11) is 0. The largest absolute Gasteiger partial charge is 0.481 e. The molecule has 3 nitrogen and oxygen atoms in total. The van der Waals surface area contributed by atoms with Gasteiger partial charge < -0.3 is 5.11 Å². The Hall–Kier alpha value is -0.720. The molecular formula is C11H10BrNO2S2. The Bertz CT molecular complexity index is 521. The van der Waals surface area contributed by atoms with Crippen molar-refractivity contribution < 1.29 is 9.90 Å². The van der Waals surface area contributed by atoms with E-state index < -0.39 is 5.97 Å². The highest BCUT2D eigenvalue weighted by molar-refractivity contribution is 9.10. The summed E-state index contributed by atoms with van der Waals surface area (Å²) >= 11 is 6.66. The molecule has 0 aliphatic heterocycles. The second-order valence-corrected chi connectivity index (χ2v) is 6.27. The van der Waals surface area contributed by atoms with E-state index in [9.17, 15) is 4.79 Å². The van der Waals surface area contributed by atoms with Crippen molar-refractivity contribution in [2.24, 2.45) is 0 Å². The summed E-state index contributed by atoms with van der Waals surface area (Å²) in [5, 5.41) is 13.6. The molecule has 2 heterocycles. The smallest absolute Gasteiger partial charge is 0.303 e. The molecule has 0 aliphatic carbocycles. The number of aromatic nitrogens is 1. The molecule has 0 aliphatic rings. The third kappa shape index (κ3) is 3.62. The molecular weight excluding hydrogens is 322 g/mol. The molecule has 0 fully saturated rings. The van der Waals surface area contributed by atoms with Gasteiger partial charge in [-0.3, -0.25) is 4.79 Å². The first kappa shape index (κ1) is 12.7. The monoisotopic (exact) mass is 331 g/mol. The number of aryl methyl sites for hydroxylation is 1. The maximum atomic E-state index is 10.4.